The Bertz CT molecular complexity index is 8380. The van der Waals surface area contributed by atoms with Crippen molar-refractivity contribution < 1.29 is 8.78 Å². The Balaban J connectivity index is 0.000000120. The minimum atomic E-state index is -0.481. The van der Waals surface area contributed by atoms with Crippen molar-refractivity contribution in [1.29, 1.82) is 0 Å². The van der Waals surface area contributed by atoms with Gasteiger partial charge >= 0.3 is 0 Å². The number of imidazole rings is 5. The van der Waals surface area contributed by atoms with E-state index in [1.807, 2.05) is 279 Å². The summed E-state index contributed by atoms with van der Waals surface area (Å²) in [5.74, 6) is -0.0744. The number of H-pyrrole nitrogens is 5. The van der Waals surface area contributed by atoms with Gasteiger partial charge in [0.15, 0.2) is 0 Å². The zero-order valence-electron chi connectivity index (χ0n) is 73.4. The van der Waals surface area contributed by atoms with Gasteiger partial charge in [0.05, 0.1) is 39.2 Å². The van der Waals surface area contributed by atoms with Crippen molar-refractivity contribution in [3.8, 4) is 112 Å². The van der Waals surface area contributed by atoms with Crippen LogP contribution in [0.1, 0.15) is 70.3 Å². The predicted octanol–water partition coefficient (Wildman–Crippen LogP) is 22.9. The zero-order chi connectivity index (χ0) is 92.9. The van der Waals surface area contributed by atoms with E-state index in [9.17, 15) is 32.8 Å². The summed E-state index contributed by atoms with van der Waals surface area (Å²) in [7, 11) is 0. The van der Waals surface area contributed by atoms with Gasteiger partial charge in [-0.3, -0.25) is 49.5 Å². The lowest BCUT2D eigenvalue weighted by Crippen LogP contribution is -2.15. The van der Waals surface area contributed by atoms with Gasteiger partial charge < -0.3 is 19.4 Å². The highest BCUT2D eigenvalue weighted by molar-refractivity contribution is 5.85. The Labute approximate surface area is 754 Å². The fourth-order valence-electron chi connectivity index (χ4n) is 16.6. The molecule has 0 saturated heterocycles. The second-order valence-electron chi connectivity index (χ2n) is 31.4. The Hall–Kier alpha value is -17.9. The minimum Gasteiger partial charge on any atom is -0.359 e. The molecule has 0 bridgehead atoms. The van der Waals surface area contributed by atoms with E-state index in [-0.39, 0.29) is 84.5 Å². The smallest absolute Gasteiger partial charge is 0.298 e. The van der Waals surface area contributed by atoms with Gasteiger partial charge in [-0.05, 0) is 148 Å². The lowest BCUT2D eigenvalue weighted by atomic mass is 10.0. The van der Waals surface area contributed by atoms with E-state index in [4.69, 9.17) is 26.3 Å². The molecule has 646 valence electrons. The molecule has 0 aliphatic carbocycles. The lowest BCUT2D eigenvalue weighted by Gasteiger charge is -2.10. The van der Waals surface area contributed by atoms with Crippen molar-refractivity contribution in [2.45, 2.75) is 82.1 Å². The number of aromatic amines is 5. The Morgan fingerprint density at radius 2 is 0.583 bits per heavy atom. The fraction of sp³-hybridized carbons (Fsp3) is 0.113. The normalized spacial score (nSPS) is 10.9. The van der Waals surface area contributed by atoms with Gasteiger partial charge in [0.1, 0.15) is 34.4 Å². The van der Waals surface area contributed by atoms with Crippen LogP contribution in [-0.4, -0.2) is 73.0 Å². The topological polar surface area (TPSA) is 268 Å². The number of aryl methyl sites for hydroxylation is 10. The molecule has 0 atom stereocenters. The summed E-state index contributed by atoms with van der Waals surface area (Å²) in [6, 6.07) is 82.1. The maximum Gasteiger partial charge on any atom is 0.298 e. The summed E-state index contributed by atoms with van der Waals surface area (Å²) >= 11 is 0. The van der Waals surface area contributed by atoms with Crippen molar-refractivity contribution in [3.05, 3.63) is 432 Å². The van der Waals surface area contributed by atoms with Crippen molar-refractivity contribution >= 4 is 51.5 Å². The van der Waals surface area contributed by atoms with Crippen LogP contribution in [-0.2, 0) is 12.8 Å². The van der Waals surface area contributed by atoms with Crippen LogP contribution in [0.3, 0.4) is 0 Å². The van der Waals surface area contributed by atoms with Crippen molar-refractivity contribution in [2.75, 3.05) is 0 Å². The van der Waals surface area contributed by atoms with Crippen LogP contribution in [0.15, 0.2) is 291 Å². The molecular weight excluding hydrogens is 1660 g/mol. The summed E-state index contributed by atoms with van der Waals surface area (Å²) in [6.07, 6.45) is 1.85. The molecule has 20 rings (SSSR count). The summed E-state index contributed by atoms with van der Waals surface area (Å²) in [6.45, 7) is 48.9. The van der Waals surface area contributed by atoms with Crippen LogP contribution in [0.2, 0.25) is 0 Å². The molecule has 0 radical (unpaired) electrons. The van der Waals surface area contributed by atoms with Crippen LogP contribution in [0.25, 0.3) is 160 Å². The first-order chi connectivity index (χ1) is 63.9. The van der Waals surface area contributed by atoms with Crippen LogP contribution in [0, 0.1) is 93.3 Å². The molecule has 0 amide bonds. The van der Waals surface area contributed by atoms with Crippen LogP contribution in [0.5, 0.6) is 0 Å². The minimum absolute atomic E-state index is 0.0682. The molecule has 0 aliphatic rings. The first-order valence-corrected chi connectivity index (χ1v) is 42.2. The number of benzene rings is 10. The molecule has 0 unspecified atom stereocenters. The number of halogens is 2. The summed E-state index contributed by atoms with van der Waals surface area (Å²) in [4.78, 5) is 102. The first kappa shape index (κ1) is 87.6. The molecular formula is C106H83F2N19O5. The number of nitrogens with one attached hydrogen (secondary N) is 5. The average Bonchev–Trinajstić information content (AvgIpc) is 1.61. The standard InChI is InChI=1S/2C22H18N4O.C21H18FN3O.C21H16N4O.C20H13FN4O/c1-4-15-9-8-12-17(13-15)18-14(2)25-26-19(16-10-6-5-7-11-16)21(23-3)24-22(26)20(18)27;1-4-15-10-12-16(13-11-15)18-14(2)25-26-19(17-8-6-5-7-9-17)21(23-3)24-22(26)20(18)27;1-12-9-16(11-17(22)10-12)18-13(2)24-25-19(15-7-5-4-6-8-15)14(3)23-21(25)20(18)26;1-13-8-7-11-16(12-13)17-14(2)24-25-18(15-9-5-4-6-10-15)20(22-3)23-21(25)19(17)26;1-12-16(14-10-6-7-11-15(14)21)18(26)20-23-19(22-2)17(25(20)24-12)13-8-4-3-5-9-13/h2*5-13,25H,4H2,1-2H3;4-11,24H,1-3H3;4-12,24H,1-2H3;3-11,24H,1H3. The van der Waals surface area contributed by atoms with Gasteiger partial charge in [-0.2, -0.15) is 0 Å². The fourth-order valence-corrected chi connectivity index (χ4v) is 16.6. The summed E-state index contributed by atoms with van der Waals surface area (Å²) in [5.41, 5.74) is 21.5. The monoisotopic (exact) mass is 1740 g/mol. The third kappa shape index (κ3) is 16.8. The molecule has 24 nitrogen and oxygen atoms in total. The number of nitrogens with zero attached hydrogens (tertiary/aromatic N) is 14. The van der Waals surface area contributed by atoms with Gasteiger partial charge in [0.25, 0.3) is 67.6 Å². The van der Waals surface area contributed by atoms with Crippen LogP contribution < -0.4 is 27.1 Å². The number of hydrogen-bond donors (Lipinski definition) is 5. The molecule has 0 spiro atoms. The third-order valence-electron chi connectivity index (χ3n) is 22.6. The van der Waals surface area contributed by atoms with E-state index in [0.29, 0.717) is 67.6 Å². The average molecular weight is 1740 g/mol. The number of rotatable bonds is 12. The largest absolute Gasteiger partial charge is 0.359 e. The molecule has 0 aliphatic heterocycles. The predicted molar refractivity (Wildman–Crippen MR) is 515 cm³/mol. The molecule has 10 aromatic carbocycles. The number of hydrogen-bond acceptors (Lipinski definition) is 10. The summed E-state index contributed by atoms with van der Waals surface area (Å²) < 4.78 is 36.2. The Morgan fingerprint density at radius 1 is 0.280 bits per heavy atom. The van der Waals surface area contributed by atoms with Crippen LogP contribution in [0.4, 0.5) is 32.1 Å². The molecule has 10 aromatic heterocycles. The van der Waals surface area contributed by atoms with Crippen molar-refractivity contribution in [3.63, 3.8) is 0 Å². The molecule has 26 heteroatoms. The second-order valence-corrected chi connectivity index (χ2v) is 31.4. The summed E-state index contributed by atoms with van der Waals surface area (Å²) in [5, 5.41) is 16.1. The van der Waals surface area contributed by atoms with E-state index in [2.05, 4.69) is 83.6 Å². The highest BCUT2D eigenvalue weighted by Gasteiger charge is 2.29. The molecule has 132 heavy (non-hydrogen) atoms. The highest BCUT2D eigenvalue weighted by Crippen LogP contribution is 2.38. The van der Waals surface area contributed by atoms with E-state index in [1.165, 1.54) is 33.8 Å². The number of fused-ring (bicyclic) bond motifs is 5. The van der Waals surface area contributed by atoms with Gasteiger partial charge in [0.2, 0.25) is 11.1 Å². The Morgan fingerprint density at radius 3 is 0.947 bits per heavy atom. The Kier molecular flexibility index (Phi) is 24.8. The first-order valence-electron chi connectivity index (χ1n) is 42.2. The van der Waals surface area contributed by atoms with Crippen LogP contribution >= 0.6 is 0 Å². The third-order valence-corrected chi connectivity index (χ3v) is 22.6. The van der Waals surface area contributed by atoms with E-state index < -0.39 is 11.2 Å². The van der Waals surface area contributed by atoms with Gasteiger partial charge in [-0.25, -0.2) is 36.3 Å². The van der Waals surface area contributed by atoms with Gasteiger partial charge in [0, 0.05) is 39.6 Å². The van der Waals surface area contributed by atoms with Crippen molar-refractivity contribution in [2.24, 2.45) is 0 Å². The van der Waals surface area contributed by atoms with E-state index >= 15 is 0 Å². The molecule has 0 saturated carbocycles. The quantitative estimate of drug-likeness (QED) is 0.0722. The second kappa shape index (κ2) is 37.4. The SMILES string of the molecule is Cc1cc(F)cc(-c2c(C)[nH]n3c(-c4ccccc4)c(C)nc3c2=O)c1.[C-]#[N+]c1nc2c(=O)c(-c3ccc(CC)cc3)c(C)[nH]n2c1-c1ccccc1.[C-]#[N+]c1nc2c(=O)c(-c3cccc(C)c3)c(C)[nH]n2c1-c1ccccc1.[C-]#[N+]c1nc2c(=O)c(-c3cccc(CC)c3)c(C)[nH]n2c1-c1ccccc1.[C-]#[N+]c1nc2c(=O)c(-c3ccccc3F)c(C)[nH]n2c1-c1ccccc1. The highest BCUT2D eigenvalue weighted by atomic mass is 19.1. The maximum absolute atomic E-state index is 14.2. The van der Waals surface area contributed by atoms with E-state index in [0.717, 1.165) is 96.9 Å². The van der Waals surface area contributed by atoms with Gasteiger partial charge in [-0.15, -0.1) is 0 Å². The maximum atomic E-state index is 14.2. The number of aromatic nitrogens is 15. The van der Waals surface area contributed by atoms with Gasteiger partial charge in [-0.1, -0.05) is 314 Å². The molecule has 5 N–H and O–H groups in total. The van der Waals surface area contributed by atoms with Crippen molar-refractivity contribution in [1.82, 2.24) is 73.0 Å². The lowest BCUT2D eigenvalue weighted by molar-refractivity contribution is 0.627. The molecule has 20 aromatic rings. The van der Waals surface area contributed by atoms with E-state index in [1.54, 1.807) is 43.2 Å². The molecule has 10 heterocycles. The molecule has 0 fully saturated rings. The zero-order valence-corrected chi connectivity index (χ0v) is 73.4.